The maximum absolute atomic E-state index is 12.2. The van der Waals surface area contributed by atoms with Gasteiger partial charge < -0.3 is 5.32 Å². The van der Waals surface area contributed by atoms with Crippen LogP contribution in [0.3, 0.4) is 0 Å². The summed E-state index contributed by atoms with van der Waals surface area (Å²) >= 11 is 0. The van der Waals surface area contributed by atoms with E-state index in [9.17, 15) is 4.89 Å². The number of hydrogen-bond acceptors (Lipinski definition) is 2. The Morgan fingerprint density at radius 1 is 0.720 bits per heavy atom. The first kappa shape index (κ1) is 17.8. The van der Waals surface area contributed by atoms with Crippen LogP contribution < -0.4 is 15.9 Å². The van der Waals surface area contributed by atoms with Crippen molar-refractivity contribution in [1.29, 1.82) is 0 Å². The average Bonchev–Trinajstić information content (AvgIpc) is 2.70. The van der Waals surface area contributed by atoms with E-state index < -0.39 is 7.49 Å². The van der Waals surface area contributed by atoms with Crippen LogP contribution in [0.5, 0.6) is 0 Å². The van der Waals surface area contributed by atoms with Gasteiger partial charge in [0.25, 0.3) is 0 Å². The second-order valence-electron chi connectivity index (χ2n) is 6.29. The normalized spacial score (nSPS) is 14.0. The average molecular weight is 350 g/mol. The fourth-order valence-corrected chi connectivity index (χ4v) is 7.01. The molecule has 2 nitrogen and oxygen atoms in total. The molecule has 2 atom stereocenters. The van der Waals surface area contributed by atoms with Gasteiger partial charge in [0.1, 0.15) is 16.3 Å². The monoisotopic (exact) mass is 350 g/mol. The molecule has 3 aromatic rings. The lowest BCUT2D eigenvalue weighted by Gasteiger charge is -2.32. The van der Waals surface area contributed by atoms with E-state index in [1.807, 2.05) is 61.6 Å². The number of likely N-dealkylation sites (N-methyl/N-ethyl adjacent to an activating group) is 1. The highest BCUT2D eigenvalue weighted by molar-refractivity contribution is 7.84. The standard InChI is InChI=1S/C22H25NOP/c1-18(23-2)22(19-12-6-3-7-13-19)25(24,20-14-8-4-9-15-20)21-16-10-5-11-17-21/h3-18,22-24H,1-2H3/q+1. The lowest BCUT2D eigenvalue weighted by atomic mass is 10.1. The van der Waals surface area contributed by atoms with Crippen LogP contribution in [0.15, 0.2) is 91.0 Å². The third-order valence-corrected chi connectivity index (χ3v) is 8.49. The van der Waals surface area contributed by atoms with E-state index in [0.717, 1.165) is 16.2 Å². The van der Waals surface area contributed by atoms with Gasteiger partial charge in [-0.2, -0.15) is 0 Å². The van der Waals surface area contributed by atoms with Crippen LogP contribution in [-0.4, -0.2) is 18.0 Å². The van der Waals surface area contributed by atoms with Gasteiger partial charge in [0.2, 0.25) is 7.49 Å². The first-order chi connectivity index (χ1) is 12.2. The number of rotatable bonds is 6. The fourth-order valence-electron chi connectivity index (χ4n) is 3.42. The molecule has 0 aliphatic carbocycles. The van der Waals surface area contributed by atoms with E-state index in [-0.39, 0.29) is 11.7 Å². The number of benzene rings is 3. The van der Waals surface area contributed by atoms with Crippen molar-refractivity contribution in [2.45, 2.75) is 18.6 Å². The molecule has 25 heavy (non-hydrogen) atoms. The minimum atomic E-state index is -2.64. The maximum Gasteiger partial charge on any atom is 0.215 e. The smallest absolute Gasteiger partial charge is 0.215 e. The van der Waals surface area contributed by atoms with Crippen molar-refractivity contribution >= 4 is 18.1 Å². The van der Waals surface area contributed by atoms with Gasteiger partial charge in [0.05, 0.1) is 0 Å². The molecule has 3 aromatic carbocycles. The van der Waals surface area contributed by atoms with Gasteiger partial charge in [-0.25, -0.2) is 4.89 Å². The van der Waals surface area contributed by atoms with Crippen molar-refractivity contribution in [1.82, 2.24) is 5.32 Å². The molecule has 2 unspecified atom stereocenters. The molecule has 0 fully saturated rings. The van der Waals surface area contributed by atoms with Crippen LogP contribution in [0.2, 0.25) is 0 Å². The van der Waals surface area contributed by atoms with E-state index >= 15 is 0 Å². The summed E-state index contributed by atoms with van der Waals surface area (Å²) in [5.74, 6) is 0. The first-order valence-electron chi connectivity index (χ1n) is 8.63. The highest BCUT2D eigenvalue weighted by Crippen LogP contribution is 2.65. The van der Waals surface area contributed by atoms with Gasteiger partial charge in [0, 0.05) is 6.04 Å². The minimum Gasteiger partial charge on any atom is -0.313 e. The van der Waals surface area contributed by atoms with Gasteiger partial charge in [0.15, 0.2) is 0 Å². The second kappa shape index (κ2) is 7.93. The molecule has 0 bridgehead atoms. The zero-order valence-electron chi connectivity index (χ0n) is 14.7. The Morgan fingerprint density at radius 3 is 1.52 bits per heavy atom. The van der Waals surface area contributed by atoms with Crippen LogP contribution in [0.25, 0.3) is 0 Å². The lowest BCUT2D eigenvalue weighted by Crippen LogP contribution is -2.37. The van der Waals surface area contributed by atoms with Gasteiger partial charge >= 0.3 is 0 Å². The highest BCUT2D eigenvalue weighted by atomic mass is 31.2. The minimum absolute atomic E-state index is 0.0245. The number of nitrogens with one attached hydrogen (secondary N) is 1. The molecule has 0 saturated heterocycles. The van der Waals surface area contributed by atoms with Crippen molar-refractivity contribution in [3.8, 4) is 0 Å². The topological polar surface area (TPSA) is 32.3 Å². The molecule has 0 spiro atoms. The van der Waals surface area contributed by atoms with Gasteiger partial charge in [-0.3, -0.25) is 0 Å². The SMILES string of the molecule is CNC(C)C(c1ccccc1)[P+](O)(c1ccccc1)c1ccccc1. The molecule has 3 rings (SSSR count). The quantitative estimate of drug-likeness (QED) is 0.661. The molecule has 0 aliphatic rings. The van der Waals surface area contributed by atoms with Crippen molar-refractivity contribution in [2.24, 2.45) is 0 Å². The predicted molar refractivity (Wildman–Crippen MR) is 109 cm³/mol. The molecular weight excluding hydrogens is 325 g/mol. The molecule has 0 radical (unpaired) electrons. The largest absolute Gasteiger partial charge is 0.313 e. The van der Waals surface area contributed by atoms with Crippen molar-refractivity contribution in [3.63, 3.8) is 0 Å². The van der Waals surface area contributed by atoms with E-state index in [4.69, 9.17) is 0 Å². The fraction of sp³-hybridized carbons (Fsp3) is 0.182. The third-order valence-electron chi connectivity index (χ3n) is 4.77. The van der Waals surface area contributed by atoms with Gasteiger partial charge in [-0.1, -0.05) is 66.7 Å². The van der Waals surface area contributed by atoms with Crippen molar-refractivity contribution in [2.75, 3.05) is 7.05 Å². The van der Waals surface area contributed by atoms with E-state index in [1.54, 1.807) is 0 Å². The lowest BCUT2D eigenvalue weighted by molar-refractivity contribution is 0.538. The summed E-state index contributed by atoms with van der Waals surface area (Å²) < 4.78 is 0. The summed E-state index contributed by atoms with van der Waals surface area (Å²) in [4.78, 5) is 12.2. The van der Waals surface area contributed by atoms with E-state index in [1.165, 1.54) is 0 Å². The molecule has 0 aromatic heterocycles. The first-order valence-corrected chi connectivity index (χ1v) is 10.4. The van der Waals surface area contributed by atoms with Gasteiger partial charge in [-0.15, -0.1) is 0 Å². The highest BCUT2D eigenvalue weighted by Gasteiger charge is 2.52. The van der Waals surface area contributed by atoms with E-state index in [2.05, 4.69) is 48.6 Å². The Hall–Kier alpha value is -1.99. The third kappa shape index (κ3) is 3.52. The van der Waals surface area contributed by atoms with Gasteiger partial charge in [-0.05, 0) is 43.8 Å². The molecule has 3 heteroatoms. The molecular formula is C22H25NOP+. The second-order valence-corrected chi connectivity index (χ2v) is 9.25. The van der Waals surface area contributed by atoms with E-state index in [0.29, 0.717) is 0 Å². The molecule has 0 aliphatic heterocycles. The summed E-state index contributed by atoms with van der Waals surface area (Å²) in [6, 6.07) is 30.7. The zero-order chi connectivity index (χ0) is 17.7. The van der Waals surface area contributed by atoms with Crippen LogP contribution in [0.4, 0.5) is 0 Å². The summed E-state index contributed by atoms with van der Waals surface area (Å²) in [6.45, 7) is 2.15. The Kier molecular flexibility index (Phi) is 5.65. The molecule has 128 valence electrons. The Bertz CT molecular complexity index is 737. The molecule has 0 amide bonds. The summed E-state index contributed by atoms with van der Waals surface area (Å²) in [5, 5.41) is 5.40. The summed E-state index contributed by atoms with van der Waals surface area (Å²) in [7, 11) is -0.682. The summed E-state index contributed by atoms with van der Waals surface area (Å²) in [6.07, 6.45) is 0. The van der Waals surface area contributed by atoms with Crippen LogP contribution >= 0.6 is 7.49 Å². The molecule has 0 saturated carbocycles. The van der Waals surface area contributed by atoms with Crippen molar-refractivity contribution in [3.05, 3.63) is 96.6 Å². The zero-order valence-corrected chi connectivity index (χ0v) is 15.6. The van der Waals surface area contributed by atoms with Crippen LogP contribution in [-0.2, 0) is 0 Å². The molecule has 0 heterocycles. The Balaban J connectivity index is 2.25. The number of hydrogen-bond donors (Lipinski definition) is 2. The van der Waals surface area contributed by atoms with Crippen molar-refractivity contribution < 1.29 is 4.89 Å². The summed E-state index contributed by atoms with van der Waals surface area (Å²) in [5.41, 5.74) is 1.14. The molecule has 2 N–H and O–H groups in total. The Labute approximate surface area is 151 Å². The maximum atomic E-state index is 12.2. The van der Waals surface area contributed by atoms with Crippen LogP contribution in [0.1, 0.15) is 18.1 Å². The predicted octanol–water partition coefficient (Wildman–Crippen LogP) is 3.91. The van der Waals surface area contributed by atoms with Crippen LogP contribution in [0, 0.1) is 0 Å². The Morgan fingerprint density at radius 2 is 1.12 bits per heavy atom.